The van der Waals surface area contributed by atoms with Crippen LogP contribution in [-0.4, -0.2) is 24.2 Å². The molecule has 144 valence electrons. The second-order valence-electron chi connectivity index (χ2n) is 7.04. The van der Waals surface area contributed by atoms with E-state index in [9.17, 15) is 4.79 Å². The van der Waals surface area contributed by atoms with Gasteiger partial charge in [0.1, 0.15) is 5.75 Å². The van der Waals surface area contributed by atoms with E-state index in [1.54, 1.807) is 30.2 Å². The third-order valence-electron chi connectivity index (χ3n) is 5.12. The summed E-state index contributed by atoms with van der Waals surface area (Å²) in [6.07, 6.45) is 2.27. The van der Waals surface area contributed by atoms with Gasteiger partial charge in [0.15, 0.2) is 11.5 Å². The summed E-state index contributed by atoms with van der Waals surface area (Å²) < 4.78 is 10.7. The van der Waals surface area contributed by atoms with Gasteiger partial charge in [-0.15, -0.1) is 0 Å². The number of hydrogen-bond acceptors (Lipinski definition) is 4. The van der Waals surface area contributed by atoms with Crippen LogP contribution in [0, 0.1) is 5.92 Å². The molecule has 0 bridgehead atoms. The van der Waals surface area contributed by atoms with Crippen LogP contribution in [0.4, 0.5) is 5.69 Å². The van der Waals surface area contributed by atoms with E-state index in [1.807, 2.05) is 36.4 Å². The molecule has 4 rings (SSSR count). The summed E-state index contributed by atoms with van der Waals surface area (Å²) in [5, 5.41) is 4.63. The van der Waals surface area contributed by atoms with Crippen LogP contribution in [0.2, 0.25) is 5.02 Å². The molecule has 0 N–H and O–H groups in total. The molecule has 0 saturated heterocycles. The van der Waals surface area contributed by atoms with Crippen LogP contribution in [0.1, 0.15) is 30.3 Å². The Morgan fingerprint density at radius 2 is 1.96 bits per heavy atom. The minimum Gasteiger partial charge on any atom is -0.497 e. The average molecular weight is 397 g/mol. The lowest BCUT2D eigenvalue weighted by Crippen LogP contribution is -2.40. The topological polar surface area (TPSA) is 55.6 Å². The van der Waals surface area contributed by atoms with Gasteiger partial charge >= 0.3 is 0 Å². The summed E-state index contributed by atoms with van der Waals surface area (Å²) in [6, 6.07) is 16.5. The number of hydrogen-bond donors (Lipinski definition) is 0. The van der Waals surface area contributed by atoms with Crippen molar-refractivity contribution in [3.05, 3.63) is 65.3 Å². The third-order valence-corrected chi connectivity index (χ3v) is 5.35. The van der Waals surface area contributed by atoms with E-state index in [0.29, 0.717) is 16.7 Å². The number of aromatic nitrogens is 1. The van der Waals surface area contributed by atoms with Crippen molar-refractivity contribution in [3.63, 3.8) is 0 Å². The molecule has 1 amide bonds. The number of anilines is 1. The molecule has 28 heavy (non-hydrogen) atoms. The summed E-state index contributed by atoms with van der Waals surface area (Å²) in [5.41, 5.74) is 1.88. The second kappa shape index (κ2) is 7.68. The van der Waals surface area contributed by atoms with Gasteiger partial charge in [0.05, 0.1) is 7.11 Å². The van der Waals surface area contributed by atoms with Crippen LogP contribution in [0.15, 0.2) is 59.1 Å². The molecule has 0 spiro atoms. The molecule has 1 aromatic heterocycles. The lowest BCUT2D eigenvalue weighted by atomic mass is 10.1. The first-order valence-corrected chi connectivity index (χ1v) is 9.65. The number of methoxy groups -OCH3 is 1. The largest absolute Gasteiger partial charge is 0.497 e. The Bertz CT molecular complexity index is 979. The molecule has 1 fully saturated rings. The number of benzene rings is 2. The van der Waals surface area contributed by atoms with Crippen LogP contribution in [0.5, 0.6) is 5.75 Å². The number of rotatable bonds is 6. The van der Waals surface area contributed by atoms with Gasteiger partial charge in [-0.25, -0.2) is 0 Å². The lowest BCUT2D eigenvalue weighted by molar-refractivity contribution is 0.0967. The molecule has 0 radical (unpaired) electrons. The predicted molar refractivity (Wildman–Crippen MR) is 109 cm³/mol. The van der Waals surface area contributed by atoms with Crippen molar-refractivity contribution < 1.29 is 14.1 Å². The van der Waals surface area contributed by atoms with Gasteiger partial charge in [-0.2, -0.15) is 0 Å². The van der Waals surface area contributed by atoms with Gasteiger partial charge in [0.2, 0.25) is 0 Å². The smallest absolute Gasteiger partial charge is 0.280 e. The molecular formula is C22H21ClN2O3. The zero-order valence-electron chi connectivity index (χ0n) is 15.8. The van der Waals surface area contributed by atoms with E-state index < -0.39 is 0 Å². The maximum Gasteiger partial charge on any atom is 0.280 e. The molecule has 1 saturated carbocycles. The zero-order valence-corrected chi connectivity index (χ0v) is 16.5. The summed E-state index contributed by atoms with van der Waals surface area (Å²) in [5.74, 6) is 1.59. The number of amides is 1. The molecule has 6 heteroatoms. The SMILES string of the molecule is COc1ccc(N(C(=O)c2cc(-c3cccc(Cl)c3)on2)C(C)C2CC2)cc1. The molecule has 3 aromatic rings. The van der Waals surface area contributed by atoms with Crippen molar-refractivity contribution in [2.75, 3.05) is 12.0 Å². The first-order chi connectivity index (χ1) is 13.6. The summed E-state index contributed by atoms with van der Waals surface area (Å²) >= 11 is 6.06. The molecule has 0 aliphatic heterocycles. The van der Waals surface area contributed by atoms with Crippen molar-refractivity contribution in [1.82, 2.24) is 5.16 Å². The highest BCUT2D eigenvalue weighted by Gasteiger charge is 2.36. The van der Waals surface area contributed by atoms with E-state index in [-0.39, 0.29) is 17.6 Å². The van der Waals surface area contributed by atoms with E-state index in [1.165, 1.54) is 0 Å². The van der Waals surface area contributed by atoms with Crippen molar-refractivity contribution in [2.45, 2.75) is 25.8 Å². The predicted octanol–water partition coefficient (Wildman–Crippen LogP) is 5.45. The molecule has 1 aliphatic carbocycles. The standard InChI is InChI=1S/C22H21ClN2O3/c1-14(15-6-7-15)25(18-8-10-19(27-2)11-9-18)22(26)20-13-21(28-24-20)16-4-3-5-17(23)12-16/h3-5,8-15H,6-7H2,1-2H3. The average Bonchev–Trinajstić information content (AvgIpc) is 3.45. The highest BCUT2D eigenvalue weighted by Crippen LogP contribution is 2.38. The lowest BCUT2D eigenvalue weighted by Gasteiger charge is -2.29. The van der Waals surface area contributed by atoms with Crippen molar-refractivity contribution in [2.24, 2.45) is 5.92 Å². The Morgan fingerprint density at radius 3 is 2.61 bits per heavy atom. The van der Waals surface area contributed by atoms with Crippen LogP contribution in [0.25, 0.3) is 11.3 Å². The van der Waals surface area contributed by atoms with Gasteiger partial charge in [-0.05, 0) is 62.1 Å². The fourth-order valence-corrected chi connectivity index (χ4v) is 3.54. The second-order valence-corrected chi connectivity index (χ2v) is 7.47. The minimum absolute atomic E-state index is 0.0761. The van der Waals surface area contributed by atoms with Crippen LogP contribution in [0.3, 0.4) is 0 Å². The summed E-state index contributed by atoms with van der Waals surface area (Å²) in [6.45, 7) is 2.08. The molecule has 2 aromatic carbocycles. The monoisotopic (exact) mass is 396 g/mol. The molecule has 1 unspecified atom stereocenters. The highest BCUT2D eigenvalue weighted by atomic mass is 35.5. The van der Waals surface area contributed by atoms with Gasteiger partial charge in [-0.3, -0.25) is 4.79 Å². The highest BCUT2D eigenvalue weighted by molar-refractivity contribution is 6.30. The normalized spacial score (nSPS) is 14.5. The van der Waals surface area contributed by atoms with Crippen molar-refractivity contribution in [3.8, 4) is 17.1 Å². The molecule has 1 heterocycles. The van der Waals surface area contributed by atoms with Gasteiger partial charge in [0.25, 0.3) is 5.91 Å². The van der Waals surface area contributed by atoms with Crippen LogP contribution < -0.4 is 9.64 Å². The first-order valence-electron chi connectivity index (χ1n) is 9.27. The maximum absolute atomic E-state index is 13.3. The number of ether oxygens (including phenoxy) is 1. The Hall–Kier alpha value is -2.79. The number of carbonyl (C=O) groups excluding carboxylic acids is 1. The fraction of sp³-hybridized carbons (Fsp3) is 0.273. The van der Waals surface area contributed by atoms with Crippen molar-refractivity contribution >= 4 is 23.2 Å². The molecular weight excluding hydrogens is 376 g/mol. The third kappa shape index (κ3) is 3.76. The summed E-state index contributed by atoms with van der Waals surface area (Å²) in [7, 11) is 1.62. The number of carbonyl (C=O) groups is 1. The Kier molecular flexibility index (Phi) is 5.09. The molecule has 1 aliphatic rings. The van der Waals surface area contributed by atoms with Crippen LogP contribution in [-0.2, 0) is 0 Å². The number of halogens is 1. The summed E-state index contributed by atoms with van der Waals surface area (Å²) in [4.78, 5) is 15.1. The van der Waals surface area contributed by atoms with Crippen molar-refractivity contribution in [1.29, 1.82) is 0 Å². The minimum atomic E-state index is -0.179. The quantitative estimate of drug-likeness (QED) is 0.556. The van der Waals surface area contributed by atoms with Gasteiger partial charge < -0.3 is 14.2 Å². The zero-order chi connectivity index (χ0) is 19.7. The molecule has 1 atom stereocenters. The van der Waals surface area contributed by atoms with Gasteiger partial charge in [0, 0.05) is 28.4 Å². The molecule has 5 nitrogen and oxygen atoms in total. The van der Waals surface area contributed by atoms with E-state index in [0.717, 1.165) is 29.8 Å². The van der Waals surface area contributed by atoms with Crippen LogP contribution >= 0.6 is 11.6 Å². The Morgan fingerprint density at radius 1 is 1.21 bits per heavy atom. The number of nitrogens with zero attached hydrogens (tertiary/aromatic N) is 2. The fourth-order valence-electron chi connectivity index (χ4n) is 3.35. The maximum atomic E-state index is 13.3. The Labute approximate surface area is 168 Å². The van der Waals surface area contributed by atoms with E-state index in [2.05, 4.69) is 12.1 Å². The first kappa shape index (κ1) is 18.6. The van der Waals surface area contributed by atoms with E-state index >= 15 is 0 Å². The Balaban J connectivity index is 1.65. The van der Waals surface area contributed by atoms with E-state index in [4.69, 9.17) is 20.9 Å². The van der Waals surface area contributed by atoms with Gasteiger partial charge in [-0.1, -0.05) is 28.9 Å².